The van der Waals surface area contributed by atoms with Crippen LogP contribution in [0.4, 0.5) is 0 Å². The van der Waals surface area contributed by atoms with Crippen molar-refractivity contribution in [3.8, 4) is 0 Å². The molecule has 2 N–H and O–H groups in total. The van der Waals surface area contributed by atoms with E-state index in [2.05, 4.69) is 0 Å². The van der Waals surface area contributed by atoms with Gasteiger partial charge in [0.2, 0.25) is 0 Å². The van der Waals surface area contributed by atoms with Gasteiger partial charge in [0, 0.05) is 25.6 Å². The van der Waals surface area contributed by atoms with Gasteiger partial charge < -0.3 is 15.1 Å². The van der Waals surface area contributed by atoms with Crippen molar-refractivity contribution < 1.29 is 9.21 Å². The van der Waals surface area contributed by atoms with E-state index < -0.39 is 0 Å². The Kier molecular flexibility index (Phi) is 2.77. The topological polar surface area (TPSA) is 59.5 Å². The van der Waals surface area contributed by atoms with Gasteiger partial charge >= 0.3 is 0 Å². The lowest BCUT2D eigenvalue weighted by Gasteiger charge is -2.13. The first-order chi connectivity index (χ1) is 7.20. The molecule has 1 aliphatic rings. The Morgan fingerprint density at radius 3 is 3.00 bits per heavy atom. The predicted molar refractivity (Wildman–Crippen MR) is 56.6 cm³/mol. The molecule has 4 nitrogen and oxygen atoms in total. The quantitative estimate of drug-likeness (QED) is 0.789. The van der Waals surface area contributed by atoms with Gasteiger partial charge in [0.25, 0.3) is 5.91 Å². The number of furan rings is 1. The summed E-state index contributed by atoms with van der Waals surface area (Å²) in [5, 5.41) is 0. The molecule has 1 aromatic rings. The molecule has 0 spiro atoms. The zero-order chi connectivity index (χ0) is 10.8. The third kappa shape index (κ3) is 2.04. The van der Waals surface area contributed by atoms with Crippen LogP contribution in [-0.4, -0.2) is 29.9 Å². The smallest absolute Gasteiger partial charge is 0.289 e. The fraction of sp³-hybridized carbons (Fsp3) is 0.545. The monoisotopic (exact) mass is 208 g/mol. The molecule has 0 radical (unpaired) electrons. The zero-order valence-electron chi connectivity index (χ0n) is 8.90. The summed E-state index contributed by atoms with van der Waals surface area (Å²) in [6.07, 6.45) is 1.69. The maximum Gasteiger partial charge on any atom is 0.289 e. The van der Waals surface area contributed by atoms with E-state index in [1.807, 2.05) is 13.0 Å². The molecule has 0 aliphatic carbocycles. The average Bonchev–Trinajstić information content (AvgIpc) is 2.84. The van der Waals surface area contributed by atoms with E-state index in [0.29, 0.717) is 12.3 Å². The van der Waals surface area contributed by atoms with Crippen molar-refractivity contribution >= 4 is 5.91 Å². The highest BCUT2D eigenvalue weighted by atomic mass is 16.4. The minimum atomic E-state index is -0.0392. The van der Waals surface area contributed by atoms with E-state index in [9.17, 15) is 4.79 Å². The van der Waals surface area contributed by atoms with Crippen molar-refractivity contribution in [3.05, 3.63) is 23.7 Å². The molecular weight excluding hydrogens is 192 g/mol. The largest absolute Gasteiger partial charge is 0.456 e. The molecule has 0 bridgehead atoms. The van der Waals surface area contributed by atoms with Gasteiger partial charge in [-0.15, -0.1) is 0 Å². The van der Waals surface area contributed by atoms with Gasteiger partial charge in [-0.05, 0) is 18.6 Å². The number of carbonyl (C=O) groups is 1. The van der Waals surface area contributed by atoms with Crippen LogP contribution >= 0.6 is 0 Å². The Labute approximate surface area is 89.0 Å². The Balaban J connectivity index is 2.07. The minimum absolute atomic E-state index is 0.0392. The summed E-state index contributed by atoms with van der Waals surface area (Å²) in [5.41, 5.74) is 5.75. The van der Waals surface area contributed by atoms with Gasteiger partial charge in [-0.25, -0.2) is 0 Å². The molecule has 1 amide bonds. The summed E-state index contributed by atoms with van der Waals surface area (Å²) >= 11 is 0. The third-order valence-electron chi connectivity index (χ3n) is 2.73. The highest BCUT2D eigenvalue weighted by molar-refractivity contribution is 5.91. The predicted octanol–water partition coefficient (Wildman–Crippen LogP) is 1.02. The first kappa shape index (κ1) is 10.2. The zero-order valence-corrected chi connectivity index (χ0v) is 8.90. The van der Waals surface area contributed by atoms with Crippen LogP contribution in [0.25, 0.3) is 0 Å². The van der Waals surface area contributed by atoms with Gasteiger partial charge in [0.15, 0.2) is 5.76 Å². The Morgan fingerprint density at radius 1 is 1.67 bits per heavy atom. The maximum absolute atomic E-state index is 11.9. The molecule has 1 saturated heterocycles. The summed E-state index contributed by atoms with van der Waals surface area (Å²) in [6, 6.07) is 3.71. The summed E-state index contributed by atoms with van der Waals surface area (Å²) in [7, 11) is 0. The number of carbonyl (C=O) groups excluding carboxylic acids is 1. The third-order valence-corrected chi connectivity index (χ3v) is 2.73. The molecular formula is C11H16N2O2. The second-order valence-corrected chi connectivity index (χ2v) is 3.92. The van der Waals surface area contributed by atoms with E-state index in [1.54, 1.807) is 11.0 Å². The lowest BCUT2D eigenvalue weighted by Crippen LogP contribution is -2.31. The van der Waals surface area contributed by atoms with Crippen molar-refractivity contribution in [2.45, 2.75) is 25.8 Å². The van der Waals surface area contributed by atoms with Crippen molar-refractivity contribution in [2.75, 3.05) is 13.1 Å². The summed E-state index contributed by atoms with van der Waals surface area (Å²) in [4.78, 5) is 13.7. The number of nitrogens with zero attached hydrogens (tertiary/aromatic N) is 1. The second kappa shape index (κ2) is 4.06. The Hall–Kier alpha value is -1.29. The lowest BCUT2D eigenvalue weighted by molar-refractivity contribution is 0.0757. The Bertz CT molecular complexity index is 359. The van der Waals surface area contributed by atoms with Crippen LogP contribution in [0.2, 0.25) is 0 Å². The van der Waals surface area contributed by atoms with Crippen molar-refractivity contribution in [1.82, 2.24) is 4.90 Å². The number of aryl methyl sites for hydroxylation is 1. The van der Waals surface area contributed by atoms with Gasteiger partial charge in [-0.3, -0.25) is 4.79 Å². The molecule has 2 rings (SSSR count). The van der Waals surface area contributed by atoms with Crippen molar-refractivity contribution in [3.63, 3.8) is 0 Å². The normalized spacial score (nSPS) is 20.9. The molecule has 82 valence electrons. The van der Waals surface area contributed by atoms with Gasteiger partial charge in [0.05, 0.1) is 0 Å². The number of likely N-dealkylation sites (tertiary alicyclic amines) is 1. The highest BCUT2D eigenvalue weighted by Gasteiger charge is 2.26. The van der Waals surface area contributed by atoms with Crippen LogP contribution in [0.1, 0.15) is 29.7 Å². The van der Waals surface area contributed by atoms with Crippen LogP contribution in [0.5, 0.6) is 0 Å². The fourth-order valence-corrected chi connectivity index (χ4v) is 1.81. The van der Waals surface area contributed by atoms with Crippen molar-refractivity contribution in [2.24, 2.45) is 5.73 Å². The van der Waals surface area contributed by atoms with Crippen LogP contribution in [0.15, 0.2) is 16.5 Å². The summed E-state index contributed by atoms with van der Waals surface area (Å²) < 4.78 is 5.41. The molecule has 1 aromatic heterocycles. The van der Waals surface area contributed by atoms with Gasteiger partial charge in [-0.2, -0.15) is 0 Å². The number of rotatable bonds is 2. The molecule has 2 heterocycles. The van der Waals surface area contributed by atoms with Crippen LogP contribution in [0.3, 0.4) is 0 Å². The van der Waals surface area contributed by atoms with Gasteiger partial charge in [0.1, 0.15) is 5.76 Å². The maximum atomic E-state index is 11.9. The molecule has 15 heavy (non-hydrogen) atoms. The number of hydrogen-bond donors (Lipinski definition) is 1. The molecule has 1 atom stereocenters. The summed E-state index contributed by atoms with van der Waals surface area (Å²) in [6.45, 7) is 3.38. The van der Waals surface area contributed by atoms with E-state index in [4.69, 9.17) is 10.2 Å². The van der Waals surface area contributed by atoms with Crippen molar-refractivity contribution in [1.29, 1.82) is 0 Å². The van der Waals surface area contributed by atoms with Crippen LogP contribution in [0, 0.1) is 0 Å². The van der Waals surface area contributed by atoms with E-state index >= 15 is 0 Å². The molecule has 4 heteroatoms. The molecule has 0 unspecified atom stereocenters. The van der Waals surface area contributed by atoms with E-state index in [-0.39, 0.29) is 11.9 Å². The molecule has 1 fully saturated rings. The molecule has 0 saturated carbocycles. The number of nitrogens with two attached hydrogens (primary N) is 1. The van der Waals surface area contributed by atoms with Crippen LogP contribution in [-0.2, 0) is 6.42 Å². The molecule has 1 aliphatic heterocycles. The van der Waals surface area contributed by atoms with E-state index in [0.717, 1.165) is 25.1 Å². The van der Waals surface area contributed by atoms with E-state index in [1.165, 1.54) is 0 Å². The minimum Gasteiger partial charge on any atom is -0.456 e. The average molecular weight is 208 g/mol. The summed E-state index contributed by atoms with van der Waals surface area (Å²) in [5.74, 6) is 1.24. The SMILES string of the molecule is CCc1ccc(C(=O)N2CC[C@@H](N)C2)o1. The van der Waals surface area contributed by atoms with Crippen LogP contribution < -0.4 is 5.73 Å². The van der Waals surface area contributed by atoms with Gasteiger partial charge in [-0.1, -0.05) is 6.92 Å². The second-order valence-electron chi connectivity index (χ2n) is 3.92. The lowest BCUT2D eigenvalue weighted by atomic mass is 10.3. The first-order valence-corrected chi connectivity index (χ1v) is 5.34. The Morgan fingerprint density at radius 2 is 2.47 bits per heavy atom. The molecule has 0 aromatic carbocycles. The number of amides is 1. The fourth-order valence-electron chi connectivity index (χ4n) is 1.81. The first-order valence-electron chi connectivity index (χ1n) is 5.34. The highest BCUT2D eigenvalue weighted by Crippen LogP contribution is 2.15. The standard InChI is InChI=1S/C11H16N2O2/c1-2-9-3-4-10(15-9)11(14)13-6-5-8(12)7-13/h3-4,8H,2,5-7,12H2,1H3/t8-/m1/s1. The number of hydrogen-bond acceptors (Lipinski definition) is 3.